The van der Waals surface area contributed by atoms with Crippen molar-refractivity contribution in [2.45, 2.75) is 44.2 Å². The number of hydrogen-bond donors (Lipinski definition) is 2. The average Bonchev–Trinajstić information content (AvgIpc) is 2.42. The largest absolute Gasteiger partial charge is 0.375 e. The lowest BCUT2D eigenvalue weighted by Gasteiger charge is -2.49. The third-order valence-electron chi connectivity index (χ3n) is 4.78. The van der Waals surface area contributed by atoms with E-state index in [9.17, 15) is 0 Å². The number of rotatable bonds is 4. The predicted octanol–water partition coefficient (Wildman–Crippen LogP) is 0.415. The molecule has 2 saturated heterocycles. The topological polar surface area (TPSA) is 53.8 Å². The minimum atomic E-state index is -0.0306. The van der Waals surface area contributed by atoms with Gasteiger partial charge in [-0.1, -0.05) is 6.92 Å². The molecule has 0 saturated carbocycles. The molecule has 0 aromatic rings. The summed E-state index contributed by atoms with van der Waals surface area (Å²) in [6.07, 6.45) is 3.05. The molecule has 3 N–H and O–H groups in total. The zero-order valence-electron chi connectivity index (χ0n) is 12.7. The smallest absolute Gasteiger partial charge is 0.0670 e. The highest BCUT2D eigenvalue weighted by molar-refractivity contribution is 4.98. The van der Waals surface area contributed by atoms with Gasteiger partial charge in [0, 0.05) is 44.9 Å². The van der Waals surface area contributed by atoms with E-state index >= 15 is 0 Å². The Labute approximate surface area is 117 Å². The second-order valence-corrected chi connectivity index (χ2v) is 6.47. The lowest BCUT2D eigenvalue weighted by Crippen LogP contribution is -2.66. The van der Waals surface area contributed by atoms with Crippen LogP contribution >= 0.6 is 0 Å². The zero-order chi connectivity index (χ0) is 13.9. The maximum absolute atomic E-state index is 6.10. The Kier molecular flexibility index (Phi) is 4.84. The molecule has 0 spiro atoms. The molecule has 0 aromatic heterocycles. The first-order chi connectivity index (χ1) is 9.01. The van der Waals surface area contributed by atoms with E-state index < -0.39 is 0 Å². The highest BCUT2D eigenvalue weighted by Gasteiger charge is 2.42. The molecule has 0 aromatic carbocycles. The monoisotopic (exact) mass is 270 g/mol. The van der Waals surface area contributed by atoms with Gasteiger partial charge in [-0.3, -0.25) is 0 Å². The molecule has 0 amide bonds. The quantitative estimate of drug-likeness (QED) is 0.775. The fourth-order valence-electron chi connectivity index (χ4n) is 3.14. The van der Waals surface area contributed by atoms with Gasteiger partial charge in [0.05, 0.1) is 5.60 Å². The van der Waals surface area contributed by atoms with Crippen molar-refractivity contribution in [1.82, 2.24) is 15.3 Å². The van der Waals surface area contributed by atoms with Crippen molar-refractivity contribution in [2.75, 3.05) is 46.4 Å². The van der Waals surface area contributed by atoms with Crippen LogP contribution in [0.4, 0.5) is 0 Å². The van der Waals surface area contributed by atoms with Crippen LogP contribution in [0.15, 0.2) is 0 Å². The number of ether oxygens (including phenoxy) is 1. The van der Waals surface area contributed by atoms with Crippen LogP contribution in [0.1, 0.15) is 33.1 Å². The van der Waals surface area contributed by atoms with Gasteiger partial charge in [-0.15, -0.1) is 0 Å². The zero-order valence-corrected chi connectivity index (χ0v) is 12.7. The van der Waals surface area contributed by atoms with E-state index in [0.717, 1.165) is 52.0 Å². The number of nitrogens with one attached hydrogen (secondary N) is 1. The van der Waals surface area contributed by atoms with Gasteiger partial charge in [0.25, 0.3) is 0 Å². The lowest BCUT2D eigenvalue weighted by atomic mass is 9.79. The molecule has 0 radical (unpaired) electrons. The van der Waals surface area contributed by atoms with Gasteiger partial charge < -0.3 is 15.4 Å². The third kappa shape index (κ3) is 3.67. The molecule has 2 aliphatic rings. The fourth-order valence-corrected chi connectivity index (χ4v) is 3.14. The van der Waals surface area contributed by atoms with Crippen molar-refractivity contribution in [3.8, 4) is 0 Å². The normalized spacial score (nSPS) is 38.5. The summed E-state index contributed by atoms with van der Waals surface area (Å²) in [6, 6.07) is 0. The molecule has 2 atom stereocenters. The highest BCUT2D eigenvalue weighted by atomic mass is 16.5. The van der Waals surface area contributed by atoms with E-state index in [1.165, 1.54) is 0 Å². The summed E-state index contributed by atoms with van der Waals surface area (Å²) in [4.78, 5) is 2.37. The van der Waals surface area contributed by atoms with Crippen LogP contribution in [0.2, 0.25) is 0 Å². The second-order valence-electron chi connectivity index (χ2n) is 6.47. The van der Waals surface area contributed by atoms with Crippen molar-refractivity contribution in [1.29, 1.82) is 0 Å². The fraction of sp³-hybridized carbons (Fsp3) is 1.00. The number of nitrogens with zero attached hydrogens (tertiary/aromatic N) is 2. The van der Waals surface area contributed by atoms with Crippen LogP contribution in [-0.4, -0.2) is 67.4 Å². The summed E-state index contributed by atoms with van der Waals surface area (Å²) >= 11 is 0. The van der Waals surface area contributed by atoms with Gasteiger partial charge in [-0.25, -0.2) is 10.4 Å². The molecular formula is C14H30N4O. The van der Waals surface area contributed by atoms with Crippen molar-refractivity contribution < 1.29 is 4.74 Å². The molecule has 2 heterocycles. The van der Waals surface area contributed by atoms with Gasteiger partial charge >= 0.3 is 0 Å². The van der Waals surface area contributed by atoms with Crippen LogP contribution in [0.5, 0.6) is 0 Å². The van der Waals surface area contributed by atoms with Gasteiger partial charge in [-0.2, -0.15) is 0 Å². The van der Waals surface area contributed by atoms with E-state index in [4.69, 9.17) is 10.5 Å². The Morgan fingerprint density at radius 3 is 2.53 bits per heavy atom. The number of nitrogens with two attached hydrogens (primary N) is 1. The molecule has 2 rings (SSSR count). The number of hydrogen-bond acceptors (Lipinski definition) is 5. The Bertz CT molecular complexity index is 293. The molecule has 2 unspecified atom stereocenters. The van der Waals surface area contributed by atoms with Crippen molar-refractivity contribution >= 4 is 0 Å². The molecule has 2 fully saturated rings. The van der Waals surface area contributed by atoms with Gasteiger partial charge in [0.1, 0.15) is 0 Å². The lowest BCUT2D eigenvalue weighted by molar-refractivity contribution is -0.115. The van der Waals surface area contributed by atoms with E-state index in [2.05, 4.69) is 36.2 Å². The van der Waals surface area contributed by atoms with E-state index in [1.807, 2.05) is 0 Å². The first-order valence-corrected chi connectivity index (χ1v) is 7.56. The van der Waals surface area contributed by atoms with E-state index in [-0.39, 0.29) is 11.1 Å². The molecule has 2 aliphatic heterocycles. The average molecular weight is 270 g/mol. The van der Waals surface area contributed by atoms with E-state index in [1.54, 1.807) is 0 Å². The van der Waals surface area contributed by atoms with Crippen molar-refractivity contribution in [3.63, 3.8) is 0 Å². The Hall–Kier alpha value is -0.200. The second kappa shape index (κ2) is 6.06. The number of likely N-dealkylation sites (N-methyl/N-ethyl adjacent to an activating group) is 1. The maximum Gasteiger partial charge on any atom is 0.0670 e. The summed E-state index contributed by atoms with van der Waals surface area (Å²) in [5.74, 6) is 0. The molecular weight excluding hydrogens is 240 g/mol. The maximum atomic E-state index is 6.10. The summed E-state index contributed by atoms with van der Waals surface area (Å²) in [6.45, 7) is 10.3. The predicted molar refractivity (Wildman–Crippen MR) is 77.9 cm³/mol. The number of piperazine rings is 1. The molecule has 19 heavy (non-hydrogen) atoms. The van der Waals surface area contributed by atoms with E-state index in [0.29, 0.717) is 6.54 Å². The summed E-state index contributed by atoms with van der Waals surface area (Å²) < 4.78 is 5.96. The SMILES string of the molecule is CCC1(C)CC(CN)(NN2CCN(C)CC2)CCO1. The van der Waals surface area contributed by atoms with Gasteiger partial charge in [-0.05, 0) is 33.2 Å². The molecule has 0 aliphatic carbocycles. The minimum absolute atomic E-state index is 0.0128. The first-order valence-electron chi connectivity index (χ1n) is 7.56. The van der Waals surface area contributed by atoms with Crippen LogP contribution in [-0.2, 0) is 4.74 Å². The third-order valence-corrected chi connectivity index (χ3v) is 4.78. The standard InChI is InChI=1S/C14H30N4O/c1-4-13(2)11-14(12-15,5-10-19-13)16-18-8-6-17(3)7-9-18/h16H,4-12,15H2,1-3H3. The Balaban J connectivity index is 1.97. The first kappa shape index (κ1) is 15.2. The van der Waals surface area contributed by atoms with Crippen LogP contribution in [0.3, 0.4) is 0 Å². The molecule has 5 heteroatoms. The van der Waals surface area contributed by atoms with Crippen LogP contribution in [0, 0.1) is 0 Å². The number of hydrazine groups is 1. The van der Waals surface area contributed by atoms with Crippen LogP contribution < -0.4 is 11.2 Å². The Morgan fingerprint density at radius 2 is 1.95 bits per heavy atom. The van der Waals surface area contributed by atoms with Gasteiger partial charge in [0.15, 0.2) is 0 Å². The highest BCUT2D eigenvalue weighted by Crippen LogP contribution is 2.34. The molecule has 112 valence electrons. The molecule has 0 bridgehead atoms. The minimum Gasteiger partial charge on any atom is -0.375 e. The van der Waals surface area contributed by atoms with Gasteiger partial charge in [0.2, 0.25) is 0 Å². The van der Waals surface area contributed by atoms with Crippen molar-refractivity contribution in [3.05, 3.63) is 0 Å². The van der Waals surface area contributed by atoms with Crippen molar-refractivity contribution in [2.24, 2.45) is 5.73 Å². The van der Waals surface area contributed by atoms with Crippen LogP contribution in [0.25, 0.3) is 0 Å². The molecule has 5 nitrogen and oxygen atoms in total. The summed E-state index contributed by atoms with van der Waals surface area (Å²) in [5, 5.41) is 2.36. The summed E-state index contributed by atoms with van der Waals surface area (Å²) in [7, 11) is 2.18. The summed E-state index contributed by atoms with van der Waals surface area (Å²) in [5.41, 5.74) is 9.82. The Morgan fingerprint density at radius 1 is 1.26 bits per heavy atom.